The number of fused-ring (bicyclic) bond motifs is 6. The molecule has 0 bridgehead atoms. The van der Waals surface area contributed by atoms with Crippen molar-refractivity contribution in [2.75, 3.05) is 11.6 Å². The Kier molecular flexibility index (Phi) is 1.61. The molecule has 0 spiro atoms. The fourth-order valence-corrected chi connectivity index (χ4v) is 2.49. The molecule has 2 aliphatic rings. The first-order valence-corrected chi connectivity index (χ1v) is 5.61. The van der Waals surface area contributed by atoms with E-state index in [9.17, 15) is 0 Å². The lowest BCUT2D eigenvalue weighted by atomic mass is 9.93. The van der Waals surface area contributed by atoms with E-state index in [0.29, 0.717) is 6.73 Å². The summed E-state index contributed by atoms with van der Waals surface area (Å²) in [5, 5.41) is 4.14. The Morgan fingerprint density at radius 1 is 0.882 bits per heavy atom. The molecule has 2 aromatic rings. The number of amidine groups is 1. The maximum absolute atomic E-state index is 5.22. The van der Waals surface area contributed by atoms with E-state index in [1.807, 2.05) is 12.1 Å². The highest BCUT2D eigenvalue weighted by Gasteiger charge is 2.31. The molecular formula is C14H10N2O. The van der Waals surface area contributed by atoms with Crippen LogP contribution >= 0.6 is 0 Å². The van der Waals surface area contributed by atoms with Gasteiger partial charge in [0.1, 0.15) is 0 Å². The lowest BCUT2D eigenvalue weighted by Gasteiger charge is -2.27. The molecule has 17 heavy (non-hydrogen) atoms. The monoisotopic (exact) mass is 222 g/mol. The summed E-state index contributed by atoms with van der Waals surface area (Å²) in [6, 6.07) is 16.7. The van der Waals surface area contributed by atoms with Crippen LogP contribution in [0.15, 0.2) is 53.7 Å². The highest BCUT2D eigenvalue weighted by Crippen LogP contribution is 2.40. The van der Waals surface area contributed by atoms with Crippen LogP contribution in [-0.4, -0.2) is 12.6 Å². The number of nitrogens with zero attached hydrogens (tertiary/aromatic N) is 2. The highest BCUT2D eigenvalue weighted by molar-refractivity contribution is 6.19. The van der Waals surface area contributed by atoms with Crippen LogP contribution in [-0.2, 0) is 4.84 Å². The van der Waals surface area contributed by atoms with Crippen LogP contribution in [0.3, 0.4) is 0 Å². The van der Waals surface area contributed by atoms with Gasteiger partial charge in [-0.15, -0.1) is 0 Å². The van der Waals surface area contributed by atoms with Crippen molar-refractivity contribution in [3.05, 3.63) is 54.1 Å². The molecule has 82 valence electrons. The third-order valence-corrected chi connectivity index (χ3v) is 3.25. The average molecular weight is 222 g/mol. The molecule has 0 N–H and O–H groups in total. The number of benzene rings is 2. The minimum atomic E-state index is 0.501. The fraction of sp³-hybridized carbons (Fsp3) is 0.0714. The minimum absolute atomic E-state index is 0.501. The van der Waals surface area contributed by atoms with Gasteiger partial charge in [0.05, 0.1) is 5.69 Å². The second kappa shape index (κ2) is 3.10. The number of anilines is 1. The van der Waals surface area contributed by atoms with Crippen molar-refractivity contribution >= 4 is 11.5 Å². The van der Waals surface area contributed by atoms with Crippen molar-refractivity contribution in [1.82, 2.24) is 0 Å². The van der Waals surface area contributed by atoms with Gasteiger partial charge >= 0.3 is 0 Å². The lowest BCUT2D eigenvalue weighted by Crippen LogP contribution is -2.31. The first-order chi connectivity index (χ1) is 8.45. The summed E-state index contributed by atoms with van der Waals surface area (Å²) in [6.45, 7) is 0.501. The Balaban J connectivity index is 2.10. The van der Waals surface area contributed by atoms with Gasteiger partial charge in [-0.25, -0.2) is 0 Å². The van der Waals surface area contributed by atoms with Crippen LogP contribution in [0.2, 0.25) is 0 Å². The summed E-state index contributed by atoms with van der Waals surface area (Å²) in [7, 11) is 0. The predicted octanol–water partition coefficient (Wildman–Crippen LogP) is 2.82. The van der Waals surface area contributed by atoms with Crippen LogP contribution in [0.1, 0.15) is 5.56 Å². The van der Waals surface area contributed by atoms with Crippen LogP contribution in [0.5, 0.6) is 0 Å². The maximum atomic E-state index is 5.22. The largest absolute Gasteiger partial charge is 0.371 e. The molecule has 0 aromatic heterocycles. The normalized spacial score (nSPS) is 15.5. The van der Waals surface area contributed by atoms with Gasteiger partial charge in [-0.1, -0.05) is 47.6 Å². The van der Waals surface area contributed by atoms with E-state index in [1.165, 1.54) is 16.8 Å². The molecule has 3 heteroatoms. The zero-order valence-electron chi connectivity index (χ0n) is 9.13. The van der Waals surface area contributed by atoms with Crippen molar-refractivity contribution in [3.63, 3.8) is 0 Å². The van der Waals surface area contributed by atoms with E-state index < -0.39 is 0 Å². The fourth-order valence-electron chi connectivity index (χ4n) is 2.49. The van der Waals surface area contributed by atoms with Crippen molar-refractivity contribution in [3.8, 4) is 11.1 Å². The number of rotatable bonds is 0. The van der Waals surface area contributed by atoms with Gasteiger partial charge < -0.3 is 4.84 Å². The van der Waals surface area contributed by atoms with Crippen molar-refractivity contribution in [1.29, 1.82) is 0 Å². The Labute approximate surface area is 98.9 Å². The number of oxime groups is 1. The molecule has 0 atom stereocenters. The molecule has 0 unspecified atom stereocenters. The van der Waals surface area contributed by atoms with Gasteiger partial charge in [-0.2, -0.15) is 0 Å². The topological polar surface area (TPSA) is 24.8 Å². The molecule has 0 amide bonds. The Hall–Kier alpha value is -2.29. The summed E-state index contributed by atoms with van der Waals surface area (Å²) in [6.07, 6.45) is 0. The molecule has 0 saturated carbocycles. The van der Waals surface area contributed by atoms with E-state index in [4.69, 9.17) is 4.84 Å². The highest BCUT2D eigenvalue weighted by atomic mass is 16.7. The predicted molar refractivity (Wildman–Crippen MR) is 66.8 cm³/mol. The molecule has 3 nitrogen and oxygen atoms in total. The van der Waals surface area contributed by atoms with E-state index >= 15 is 0 Å². The zero-order valence-corrected chi connectivity index (χ0v) is 9.13. The van der Waals surface area contributed by atoms with Crippen molar-refractivity contribution in [2.45, 2.75) is 0 Å². The second-order valence-corrected chi connectivity index (χ2v) is 4.16. The van der Waals surface area contributed by atoms with Gasteiger partial charge in [0.2, 0.25) is 0 Å². The Morgan fingerprint density at radius 3 is 2.47 bits per heavy atom. The van der Waals surface area contributed by atoms with Gasteiger partial charge in [0.15, 0.2) is 12.6 Å². The number of hydrogen-bond donors (Lipinski definition) is 0. The third-order valence-electron chi connectivity index (χ3n) is 3.25. The van der Waals surface area contributed by atoms with Crippen LogP contribution in [0.25, 0.3) is 11.1 Å². The molecule has 0 fully saturated rings. The molecule has 0 radical (unpaired) electrons. The smallest absolute Gasteiger partial charge is 0.195 e. The van der Waals surface area contributed by atoms with Gasteiger partial charge in [0, 0.05) is 11.1 Å². The molecule has 0 aliphatic carbocycles. The SMILES string of the molecule is c1ccc2c(c1)C1=NOCN1c1ccccc1-2. The van der Waals surface area contributed by atoms with Crippen LogP contribution in [0, 0.1) is 0 Å². The number of para-hydroxylation sites is 1. The summed E-state index contributed by atoms with van der Waals surface area (Å²) >= 11 is 0. The summed E-state index contributed by atoms with van der Waals surface area (Å²) in [5.74, 6) is 0.916. The lowest BCUT2D eigenvalue weighted by molar-refractivity contribution is 0.174. The average Bonchev–Trinajstić information content (AvgIpc) is 2.89. The first kappa shape index (κ1) is 8.82. The standard InChI is InChI=1S/C14H10N2O/c1-2-7-12-10(5-1)11-6-3-4-8-13(11)16-9-17-15-14(12)16/h1-8H,9H2. The summed E-state index contributed by atoms with van der Waals surface area (Å²) in [4.78, 5) is 7.33. The minimum Gasteiger partial charge on any atom is -0.371 e. The second-order valence-electron chi connectivity index (χ2n) is 4.16. The zero-order chi connectivity index (χ0) is 11.2. The van der Waals surface area contributed by atoms with Crippen LogP contribution < -0.4 is 4.90 Å². The van der Waals surface area contributed by atoms with Gasteiger partial charge in [0.25, 0.3) is 0 Å². The van der Waals surface area contributed by atoms with E-state index in [0.717, 1.165) is 11.4 Å². The molecule has 0 saturated heterocycles. The summed E-state index contributed by atoms with van der Waals surface area (Å²) < 4.78 is 0. The molecule has 2 heterocycles. The van der Waals surface area contributed by atoms with E-state index in [2.05, 4.69) is 46.5 Å². The Morgan fingerprint density at radius 2 is 1.59 bits per heavy atom. The van der Waals surface area contributed by atoms with Gasteiger partial charge in [-0.3, -0.25) is 4.90 Å². The molecule has 2 aliphatic heterocycles. The Bertz CT molecular complexity index is 634. The van der Waals surface area contributed by atoms with E-state index in [-0.39, 0.29) is 0 Å². The summed E-state index contributed by atoms with van der Waals surface area (Å²) in [5.41, 5.74) is 4.78. The van der Waals surface area contributed by atoms with E-state index in [1.54, 1.807) is 0 Å². The van der Waals surface area contributed by atoms with Gasteiger partial charge in [-0.05, 0) is 11.6 Å². The molecule has 2 aromatic carbocycles. The number of hydrogen-bond acceptors (Lipinski definition) is 3. The quantitative estimate of drug-likeness (QED) is 0.684. The van der Waals surface area contributed by atoms with Crippen LogP contribution in [0.4, 0.5) is 5.69 Å². The maximum Gasteiger partial charge on any atom is 0.195 e. The van der Waals surface area contributed by atoms with Crippen molar-refractivity contribution < 1.29 is 4.84 Å². The van der Waals surface area contributed by atoms with Crippen molar-refractivity contribution in [2.24, 2.45) is 5.16 Å². The third kappa shape index (κ3) is 1.08. The molecular weight excluding hydrogens is 212 g/mol. The molecule has 4 rings (SSSR count). The first-order valence-electron chi connectivity index (χ1n) is 5.61.